The van der Waals surface area contributed by atoms with Crippen molar-refractivity contribution in [1.29, 1.82) is 0 Å². The Morgan fingerprint density at radius 2 is 1.51 bits per heavy atom. The predicted octanol–water partition coefficient (Wildman–Crippen LogP) is 2.45. The summed E-state index contributed by atoms with van der Waals surface area (Å²) < 4.78 is 80.5. The number of nitrogens with one attached hydrogen (secondary N) is 1. The van der Waals surface area contributed by atoms with Crippen LogP contribution in [0.25, 0.3) is 10.9 Å². The van der Waals surface area contributed by atoms with Gasteiger partial charge in [0.25, 0.3) is 0 Å². The van der Waals surface area contributed by atoms with Crippen LogP contribution in [0.4, 0.5) is 36.4 Å². The van der Waals surface area contributed by atoms with Gasteiger partial charge in [-0.25, -0.2) is 18.8 Å². The van der Waals surface area contributed by atoms with Gasteiger partial charge < -0.3 is 35.8 Å². The number of benzene rings is 1. The van der Waals surface area contributed by atoms with Gasteiger partial charge in [0, 0.05) is 54.9 Å². The smallest absolute Gasteiger partial charge is 0.477 e. The number of carbonyl (C=O) groups is 3. The summed E-state index contributed by atoms with van der Waals surface area (Å²) >= 11 is 0. The first kappa shape index (κ1) is 31.6. The topological polar surface area (TPSA) is 175 Å². The van der Waals surface area contributed by atoms with E-state index in [4.69, 9.17) is 25.5 Å². The Bertz CT molecular complexity index is 1400. The molecule has 18 heteroatoms. The number of carboxylic acid groups (broad SMARTS) is 3. The SMILES string of the molecule is N[C@H]1C[C@H]2CNCc3c(c(F)cc4c(=O)c(C(=O)O)cn(C5CC5)c34)N2C1.O=C(O)C(F)(F)F.O=C(O)C(F)(F)F. The molecular formula is C23H23F7N4O7. The lowest BCUT2D eigenvalue weighted by molar-refractivity contribution is -0.193. The highest BCUT2D eigenvalue weighted by molar-refractivity contribution is 5.95. The average Bonchev–Trinajstić information content (AvgIpc) is 3.63. The van der Waals surface area contributed by atoms with Gasteiger partial charge in [-0.3, -0.25) is 4.79 Å². The van der Waals surface area contributed by atoms with Gasteiger partial charge in [-0.2, -0.15) is 26.3 Å². The molecule has 0 spiro atoms. The summed E-state index contributed by atoms with van der Waals surface area (Å²) in [7, 11) is 0. The highest BCUT2D eigenvalue weighted by Gasteiger charge is 2.39. The second kappa shape index (κ2) is 11.5. The molecule has 2 aliphatic heterocycles. The van der Waals surface area contributed by atoms with E-state index in [-0.39, 0.29) is 29.1 Å². The van der Waals surface area contributed by atoms with Crippen molar-refractivity contribution in [2.45, 2.75) is 56.3 Å². The van der Waals surface area contributed by atoms with Gasteiger partial charge in [-0.1, -0.05) is 0 Å². The Morgan fingerprint density at radius 1 is 0.976 bits per heavy atom. The Labute approximate surface area is 224 Å². The normalized spacial score (nSPS) is 20.0. The number of anilines is 1. The fourth-order valence-electron chi connectivity index (χ4n) is 4.61. The number of hydrogen-bond donors (Lipinski definition) is 5. The van der Waals surface area contributed by atoms with Crippen LogP contribution in [0.1, 0.15) is 41.2 Å². The van der Waals surface area contributed by atoms with Crippen molar-refractivity contribution in [1.82, 2.24) is 9.88 Å². The quantitative estimate of drug-likeness (QED) is 0.322. The van der Waals surface area contributed by atoms with E-state index >= 15 is 4.39 Å². The maximum Gasteiger partial charge on any atom is 0.490 e. The molecule has 2 aromatic rings. The maximum atomic E-state index is 15.2. The molecule has 2 atom stereocenters. The van der Waals surface area contributed by atoms with Crippen LogP contribution in [-0.4, -0.2) is 75.3 Å². The standard InChI is InChI=1S/C19H21FN4O3.2C2HF3O2/c20-15-4-12-16(24(10-1-2-10)8-14(18(12)25)19(26)27)13-6-22-5-11-3-9(21)7-23(11)17(13)15;2*3-2(4,5)1(6)7/h4,8-11,22H,1-3,5-7,21H2,(H,26,27);2*(H,6,7)/t9-,11-;;/m0../s1. The van der Waals surface area contributed by atoms with Crippen LogP contribution in [0, 0.1) is 5.82 Å². The van der Waals surface area contributed by atoms with Crippen molar-refractivity contribution >= 4 is 34.5 Å². The fourth-order valence-corrected chi connectivity index (χ4v) is 4.61. The zero-order valence-electron chi connectivity index (χ0n) is 20.7. The van der Waals surface area contributed by atoms with Gasteiger partial charge >= 0.3 is 30.3 Å². The number of nitrogens with zero attached hydrogens (tertiary/aromatic N) is 2. The molecule has 1 saturated heterocycles. The highest BCUT2D eigenvalue weighted by atomic mass is 19.4. The molecule has 1 aromatic carbocycles. The first-order chi connectivity index (χ1) is 18.8. The maximum absolute atomic E-state index is 15.2. The Morgan fingerprint density at radius 3 is 1.98 bits per heavy atom. The molecule has 1 aromatic heterocycles. The number of pyridine rings is 1. The van der Waals surface area contributed by atoms with Crippen molar-refractivity contribution < 1.29 is 60.4 Å². The van der Waals surface area contributed by atoms with Gasteiger partial charge in [0.2, 0.25) is 5.43 Å². The number of halogens is 7. The van der Waals surface area contributed by atoms with Gasteiger partial charge in [-0.05, 0) is 25.3 Å². The van der Waals surface area contributed by atoms with Crippen molar-refractivity contribution in [2.24, 2.45) is 5.73 Å². The molecule has 3 aliphatic rings. The molecule has 1 saturated carbocycles. The first-order valence-electron chi connectivity index (χ1n) is 11.8. The zero-order valence-corrected chi connectivity index (χ0v) is 20.7. The molecule has 2 fully saturated rings. The Hall–Kier alpha value is -3.93. The number of nitrogens with two attached hydrogens (primary N) is 1. The van der Waals surface area contributed by atoms with Crippen LogP contribution < -0.4 is 21.4 Å². The van der Waals surface area contributed by atoms with E-state index in [9.17, 15) is 41.0 Å². The van der Waals surface area contributed by atoms with Crippen LogP contribution in [0.2, 0.25) is 0 Å². The summed E-state index contributed by atoms with van der Waals surface area (Å²) in [6.07, 6.45) is -6.10. The fraction of sp³-hybridized carbons (Fsp3) is 0.478. The first-order valence-corrected chi connectivity index (χ1v) is 11.8. The number of aromatic carboxylic acids is 1. The third kappa shape index (κ3) is 7.05. The molecule has 0 bridgehead atoms. The van der Waals surface area contributed by atoms with Gasteiger partial charge in [0.05, 0.1) is 11.2 Å². The summed E-state index contributed by atoms with van der Waals surface area (Å²) in [5, 5.41) is 27.2. The average molecular weight is 600 g/mol. The predicted molar refractivity (Wildman–Crippen MR) is 126 cm³/mol. The second-order valence-electron chi connectivity index (χ2n) is 9.44. The van der Waals surface area contributed by atoms with Crippen LogP contribution in [0.15, 0.2) is 17.1 Å². The molecule has 226 valence electrons. The molecule has 0 amide bonds. The third-order valence-corrected chi connectivity index (χ3v) is 6.41. The summed E-state index contributed by atoms with van der Waals surface area (Å²) in [6, 6.07) is 1.47. The minimum Gasteiger partial charge on any atom is -0.477 e. The number of aromatic nitrogens is 1. The molecular weight excluding hydrogens is 577 g/mol. The second-order valence-corrected chi connectivity index (χ2v) is 9.44. The van der Waals surface area contributed by atoms with Crippen LogP contribution in [-0.2, 0) is 16.1 Å². The largest absolute Gasteiger partial charge is 0.490 e. The highest BCUT2D eigenvalue weighted by Crippen LogP contribution is 2.42. The van der Waals surface area contributed by atoms with Crippen molar-refractivity contribution in [3.05, 3.63) is 39.4 Å². The monoisotopic (exact) mass is 600 g/mol. The Kier molecular flexibility index (Phi) is 8.87. The van der Waals surface area contributed by atoms with Crippen LogP contribution in [0.3, 0.4) is 0 Å². The van der Waals surface area contributed by atoms with Gasteiger partial charge in [-0.15, -0.1) is 0 Å². The van der Waals surface area contributed by atoms with Gasteiger partial charge in [0.1, 0.15) is 11.4 Å². The van der Waals surface area contributed by atoms with Crippen molar-refractivity contribution in [2.75, 3.05) is 18.0 Å². The van der Waals surface area contributed by atoms with E-state index in [1.54, 1.807) is 0 Å². The minimum absolute atomic E-state index is 0.0159. The molecule has 3 heterocycles. The zero-order chi connectivity index (χ0) is 31.0. The van der Waals surface area contributed by atoms with E-state index in [0.29, 0.717) is 30.8 Å². The van der Waals surface area contributed by atoms with E-state index in [2.05, 4.69) is 5.32 Å². The van der Waals surface area contributed by atoms with E-state index < -0.39 is 41.5 Å². The minimum atomic E-state index is -5.08. The number of aliphatic carboxylic acids is 2. The number of fused-ring (bicyclic) bond motifs is 5. The number of alkyl halides is 6. The molecule has 1 aliphatic carbocycles. The van der Waals surface area contributed by atoms with E-state index in [0.717, 1.165) is 24.8 Å². The Balaban J connectivity index is 0.000000276. The number of carboxylic acids is 3. The van der Waals surface area contributed by atoms with E-state index in [1.165, 1.54) is 12.3 Å². The number of rotatable bonds is 2. The van der Waals surface area contributed by atoms with Crippen LogP contribution in [0.5, 0.6) is 0 Å². The lowest BCUT2D eigenvalue weighted by Crippen LogP contribution is -2.35. The summed E-state index contributed by atoms with van der Waals surface area (Å²) in [4.78, 5) is 44.1. The lowest BCUT2D eigenvalue weighted by atomic mass is 10.0. The third-order valence-electron chi connectivity index (χ3n) is 6.41. The van der Waals surface area contributed by atoms with E-state index in [1.807, 2.05) is 9.47 Å². The molecule has 11 nitrogen and oxygen atoms in total. The molecule has 0 unspecified atom stereocenters. The number of hydrogen-bond acceptors (Lipinski definition) is 7. The van der Waals surface area contributed by atoms with Crippen LogP contribution >= 0.6 is 0 Å². The van der Waals surface area contributed by atoms with Crippen molar-refractivity contribution in [3.63, 3.8) is 0 Å². The summed E-state index contributed by atoms with van der Waals surface area (Å²) in [5.41, 5.74) is 7.06. The lowest BCUT2D eigenvalue weighted by Gasteiger charge is -2.27. The molecule has 41 heavy (non-hydrogen) atoms. The summed E-state index contributed by atoms with van der Waals surface area (Å²) in [5.74, 6) is -7.28. The molecule has 0 radical (unpaired) electrons. The van der Waals surface area contributed by atoms with Crippen molar-refractivity contribution in [3.8, 4) is 0 Å². The molecule has 5 rings (SSSR count). The van der Waals surface area contributed by atoms with Gasteiger partial charge in [0.15, 0.2) is 0 Å². The molecule has 6 N–H and O–H groups in total. The summed E-state index contributed by atoms with van der Waals surface area (Å²) in [6.45, 7) is 1.71.